The number of anilines is 1. The van der Waals surface area contributed by atoms with E-state index < -0.39 is 0 Å². The number of thioether (sulfide) groups is 1. The molecule has 1 aromatic rings. The third kappa shape index (κ3) is 1.88. The maximum Gasteiger partial charge on any atom is 0.266 e. The number of hydrogen-bond donors (Lipinski definition) is 1. The number of carbonyl (C=O) groups is 1. The summed E-state index contributed by atoms with van der Waals surface area (Å²) >= 11 is 3.32. The van der Waals surface area contributed by atoms with Crippen molar-refractivity contribution in [1.29, 1.82) is 0 Å². The van der Waals surface area contributed by atoms with Crippen molar-refractivity contribution in [2.24, 2.45) is 0 Å². The van der Waals surface area contributed by atoms with Crippen LogP contribution in [0.25, 0.3) is 0 Å². The van der Waals surface area contributed by atoms with Gasteiger partial charge in [-0.15, -0.1) is 11.3 Å². The summed E-state index contributed by atoms with van der Waals surface area (Å²) in [5, 5.41) is 1.86. The van der Waals surface area contributed by atoms with Crippen LogP contribution in [0.2, 0.25) is 0 Å². The Kier molecular flexibility index (Phi) is 2.98. The van der Waals surface area contributed by atoms with Gasteiger partial charge in [-0.25, -0.2) is 0 Å². The van der Waals surface area contributed by atoms with Gasteiger partial charge in [0.15, 0.2) is 0 Å². The van der Waals surface area contributed by atoms with Crippen molar-refractivity contribution >= 4 is 34.7 Å². The number of thiophene rings is 1. The van der Waals surface area contributed by atoms with E-state index in [9.17, 15) is 4.79 Å². The summed E-state index contributed by atoms with van der Waals surface area (Å²) in [7, 11) is 0. The van der Waals surface area contributed by atoms with E-state index in [1.54, 1.807) is 6.07 Å². The first-order valence-electron chi connectivity index (χ1n) is 4.49. The van der Waals surface area contributed by atoms with Crippen molar-refractivity contribution in [3.8, 4) is 0 Å². The van der Waals surface area contributed by atoms with E-state index in [1.165, 1.54) is 11.3 Å². The smallest absolute Gasteiger partial charge is 0.266 e. The zero-order valence-electron chi connectivity index (χ0n) is 7.73. The van der Waals surface area contributed by atoms with Crippen LogP contribution >= 0.6 is 23.1 Å². The van der Waals surface area contributed by atoms with Crippen molar-refractivity contribution in [2.45, 2.75) is 0 Å². The van der Waals surface area contributed by atoms with Gasteiger partial charge in [0.25, 0.3) is 5.91 Å². The third-order valence-electron chi connectivity index (χ3n) is 2.19. The summed E-state index contributed by atoms with van der Waals surface area (Å²) in [5.41, 5.74) is 6.32. The fourth-order valence-electron chi connectivity index (χ4n) is 1.40. The zero-order valence-corrected chi connectivity index (χ0v) is 9.37. The Bertz CT molecular complexity index is 331. The Morgan fingerprint density at radius 3 is 2.71 bits per heavy atom. The highest BCUT2D eigenvalue weighted by Crippen LogP contribution is 2.22. The summed E-state index contributed by atoms with van der Waals surface area (Å²) in [6.45, 7) is 1.70. The van der Waals surface area contributed by atoms with Crippen LogP contribution in [-0.4, -0.2) is 35.4 Å². The van der Waals surface area contributed by atoms with Gasteiger partial charge in [-0.1, -0.05) is 0 Å². The molecule has 1 fully saturated rings. The number of rotatable bonds is 1. The van der Waals surface area contributed by atoms with Gasteiger partial charge in [0.05, 0.1) is 5.69 Å². The van der Waals surface area contributed by atoms with Crippen molar-refractivity contribution in [3.63, 3.8) is 0 Å². The molecule has 1 amide bonds. The second-order valence-electron chi connectivity index (χ2n) is 3.11. The number of nitrogens with two attached hydrogens (primary N) is 1. The fraction of sp³-hybridized carbons (Fsp3) is 0.444. The van der Waals surface area contributed by atoms with Gasteiger partial charge < -0.3 is 10.6 Å². The number of amides is 1. The topological polar surface area (TPSA) is 46.3 Å². The highest BCUT2D eigenvalue weighted by atomic mass is 32.2. The summed E-state index contributed by atoms with van der Waals surface area (Å²) in [5.74, 6) is 2.17. The molecule has 1 aliphatic rings. The standard InChI is InChI=1S/C9H12N2OS2/c10-7-1-4-14-8(7)9(12)11-2-5-13-6-3-11/h1,4H,2-3,5-6,10H2. The molecule has 5 heteroatoms. The SMILES string of the molecule is Nc1ccsc1C(=O)N1CCSCC1. The Morgan fingerprint density at radius 1 is 1.43 bits per heavy atom. The van der Waals surface area contributed by atoms with Gasteiger partial charge in [0.2, 0.25) is 0 Å². The van der Waals surface area contributed by atoms with E-state index in [-0.39, 0.29) is 5.91 Å². The molecule has 0 aromatic carbocycles. The second kappa shape index (κ2) is 4.23. The summed E-state index contributed by atoms with van der Waals surface area (Å²) in [6, 6.07) is 1.79. The molecule has 0 spiro atoms. The third-order valence-corrected chi connectivity index (χ3v) is 4.05. The van der Waals surface area contributed by atoms with E-state index in [0.29, 0.717) is 10.6 Å². The van der Waals surface area contributed by atoms with Crippen LogP contribution in [0.5, 0.6) is 0 Å². The molecule has 0 unspecified atom stereocenters. The van der Waals surface area contributed by atoms with E-state index in [0.717, 1.165) is 24.6 Å². The van der Waals surface area contributed by atoms with E-state index in [2.05, 4.69) is 0 Å². The summed E-state index contributed by atoms with van der Waals surface area (Å²) in [6.07, 6.45) is 0. The van der Waals surface area contributed by atoms with E-state index in [4.69, 9.17) is 5.73 Å². The molecule has 0 atom stereocenters. The zero-order chi connectivity index (χ0) is 9.97. The predicted molar refractivity (Wildman–Crippen MR) is 62.0 cm³/mol. The largest absolute Gasteiger partial charge is 0.397 e. The molecule has 1 saturated heterocycles. The monoisotopic (exact) mass is 228 g/mol. The molecule has 2 N–H and O–H groups in total. The quantitative estimate of drug-likeness (QED) is 0.792. The van der Waals surface area contributed by atoms with Gasteiger partial charge in [0, 0.05) is 24.6 Å². The van der Waals surface area contributed by atoms with Crippen LogP contribution in [0, 0.1) is 0 Å². The molecule has 14 heavy (non-hydrogen) atoms. The average Bonchev–Trinajstić information content (AvgIpc) is 2.65. The Labute approximate surface area is 91.3 Å². The first-order chi connectivity index (χ1) is 6.79. The summed E-state index contributed by atoms with van der Waals surface area (Å²) < 4.78 is 0. The molecule has 2 heterocycles. The Balaban J connectivity index is 2.11. The summed E-state index contributed by atoms with van der Waals surface area (Å²) in [4.78, 5) is 14.5. The van der Waals surface area contributed by atoms with Gasteiger partial charge >= 0.3 is 0 Å². The second-order valence-corrected chi connectivity index (χ2v) is 5.25. The number of nitrogen functional groups attached to an aromatic ring is 1. The van der Waals surface area contributed by atoms with Crippen molar-refractivity contribution in [1.82, 2.24) is 4.90 Å². The highest BCUT2D eigenvalue weighted by Gasteiger charge is 2.20. The minimum atomic E-state index is 0.0952. The van der Waals surface area contributed by atoms with Crippen LogP contribution in [0.1, 0.15) is 9.67 Å². The molecular weight excluding hydrogens is 216 g/mol. The molecule has 0 saturated carbocycles. The van der Waals surface area contributed by atoms with Gasteiger partial charge in [-0.3, -0.25) is 4.79 Å². The van der Waals surface area contributed by atoms with Crippen LogP contribution in [-0.2, 0) is 0 Å². The number of hydrogen-bond acceptors (Lipinski definition) is 4. The number of nitrogens with zero attached hydrogens (tertiary/aromatic N) is 1. The first kappa shape index (κ1) is 9.86. The van der Waals surface area contributed by atoms with Gasteiger partial charge in [-0.05, 0) is 11.4 Å². The van der Waals surface area contributed by atoms with Gasteiger partial charge in [-0.2, -0.15) is 11.8 Å². The Hall–Kier alpha value is -0.680. The fourth-order valence-corrected chi connectivity index (χ4v) is 3.09. The van der Waals surface area contributed by atoms with Crippen LogP contribution in [0.4, 0.5) is 5.69 Å². The molecule has 1 aliphatic heterocycles. The normalized spacial score (nSPS) is 17.0. The molecule has 76 valence electrons. The lowest BCUT2D eigenvalue weighted by molar-refractivity contribution is 0.0778. The predicted octanol–water partition coefficient (Wildman–Crippen LogP) is 1.52. The first-order valence-corrected chi connectivity index (χ1v) is 6.52. The number of carbonyl (C=O) groups excluding carboxylic acids is 1. The minimum Gasteiger partial charge on any atom is -0.397 e. The van der Waals surface area contributed by atoms with E-state index in [1.807, 2.05) is 22.0 Å². The van der Waals surface area contributed by atoms with Crippen LogP contribution in [0.3, 0.4) is 0 Å². The molecule has 0 radical (unpaired) electrons. The minimum absolute atomic E-state index is 0.0952. The lowest BCUT2D eigenvalue weighted by Crippen LogP contribution is -2.37. The molecule has 3 nitrogen and oxygen atoms in total. The van der Waals surface area contributed by atoms with Crippen LogP contribution < -0.4 is 5.73 Å². The molecule has 2 rings (SSSR count). The molecule has 0 bridgehead atoms. The maximum absolute atomic E-state index is 11.9. The average molecular weight is 228 g/mol. The molecular formula is C9H12N2OS2. The van der Waals surface area contributed by atoms with Crippen LogP contribution in [0.15, 0.2) is 11.4 Å². The lowest BCUT2D eigenvalue weighted by Gasteiger charge is -2.26. The lowest BCUT2D eigenvalue weighted by atomic mass is 10.3. The van der Waals surface area contributed by atoms with Crippen molar-refractivity contribution in [3.05, 3.63) is 16.3 Å². The maximum atomic E-state index is 11.9. The van der Waals surface area contributed by atoms with Crippen molar-refractivity contribution < 1.29 is 4.79 Å². The van der Waals surface area contributed by atoms with Crippen molar-refractivity contribution in [2.75, 3.05) is 30.3 Å². The van der Waals surface area contributed by atoms with E-state index >= 15 is 0 Å². The molecule has 0 aliphatic carbocycles. The van der Waals surface area contributed by atoms with Gasteiger partial charge in [0.1, 0.15) is 4.88 Å². The molecule has 1 aromatic heterocycles. The Morgan fingerprint density at radius 2 is 2.14 bits per heavy atom. The highest BCUT2D eigenvalue weighted by molar-refractivity contribution is 7.99.